The van der Waals surface area contributed by atoms with Crippen LogP contribution >= 0.6 is 0 Å². The second-order valence-electron chi connectivity index (χ2n) is 2.27. The van der Waals surface area contributed by atoms with Crippen molar-refractivity contribution in [3.8, 4) is 5.75 Å². The van der Waals surface area contributed by atoms with E-state index in [0.717, 1.165) is 5.69 Å². The summed E-state index contributed by atoms with van der Waals surface area (Å²) >= 11 is 0. The van der Waals surface area contributed by atoms with Gasteiger partial charge in [-0.1, -0.05) is 0 Å². The molecule has 0 atom stereocenters. The average molecular weight is 241 g/mol. The summed E-state index contributed by atoms with van der Waals surface area (Å²) in [6.07, 6.45) is 0. The van der Waals surface area contributed by atoms with E-state index in [0.29, 0.717) is 0 Å². The van der Waals surface area contributed by atoms with Gasteiger partial charge in [0.05, 0.1) is 0 Å². The fourth-order valence-corrected chi connectivity index (χ4v) is 1.14. The van der Waals surface area contributed by atoms with E-state index in [4.69, 9.17) is 0 Å². The molecule has 7 heteroatoms. The van der Waals surface area contributed by atoms with Crippen LogP contribution in [0.4, 0.5) is 5.69 Å². The number of nitrogens with one attached hydrogen (secondary N) is 1. The molecular weight excluding hydrogens is 233 g/mol. The predicted octanol–water partition coefficient (Wildman–Crippen LogP) is -2.43. The Kier molecular flexibility index (Phi) is 6.22. The van der Waals surface area contributed by atoms with Crippen LogP contribution in [0.3, 0.4) is 0 Å². The van der Waals surface area contributed by atoms with E-state index < -0.39 is 10.4 Å². The van der Waals surface area contributed by atoms with Crippen molar-refractivity contribution < 1.29 is 68.5 Å². The molecule has 1 aromatic rings. The fourth-order valence-electron chi connectivity index (χ4n) is 0.795. The Hall–Kier alpha value is 0.366. The Bertz CT molecular complexity index is 375. The van der Waals surface area contributed by atoms with Gasteiger partial charge in [-0.05, 0) is 24.3 Å². The first-order valence-corrected chi connectivity index (χ1v) is 4.78. The second-order valence-corrected chi connectivity index (χ2v) is 3.25. The molecule has 0 amide bonds. The summed E-state index contributed by atoms with van der Waals surface area (Å²) in [6, 6.07) is 5.98. The Morgan fingerprint density at radius 2 is 1.79 bits per heavy atom. The molecular formula is C7H8KNO4S. The van der Waals surface area contributed by atoms with Crippen LogP contribution in [-0.2, 0) is 10.4 Å². The van der Waals surface area contributed by atoms with Crippen molar-refractivity contribution in [2.75, 3.05) is 12.4 Å². The number of anilines is 1. The molecule has 0 fully saturated rings. The summed E-state index contributed by atoms with van der Waals surface area (Å²) in [4.78, 5) is 0. The zero-order chi connectivity index (χ0) is 9.90. The van der Waals surface area contributed by atoms with E-state index in [1.807, 2.05) is 0 Å². The van der Waals surface area contributed by atoms with Gasteiger partial charge in [0.15, 0.2) is 0 Å². The van der Waals surface area contributed by atoms with Gasteiger partial charge in [-0.15, -0.1) is 0 Å². The van der Waals surface area contributed by atoms with E-state index in [1.54, 1.807) is 19.2 Å². The van der Waals surface area contributed by atoms with E-state index in [1.165, 1.54) is 12.1 Å². The number of rotatable bonds is 3. The average Bonchev–Trinajstić information content (AvgIpc) is 2.03. The molecule has 0 aliphatic heterocycles. The van der Waals surface area contributed by atoms with Crippen LogP contribution in [0.25, 0.3) is 0 Å². The van der Waals surface area contributed by atoms with Gasteiger partial charge < -0.3 is 14.1 Å². The van der Waals surface area contributed by atoms with E-state index >= 15 is 0 Å². The van der Waals surface area contributed by atoms with Gasteiger partial charge in [-0.2, -0.15) is 0 Å². The normalized spacial score (nSPS) is 10.1. The van der Waals surface area contributed by atoms with Crippen molar-refractivity contribution in [2.45, 2.75) is 0 Å². The first-order valence-electron chi connectivity index (χ1n) is 3.44. The first kappa shape index (κ1) is 14.4. The molecule has 0 aliphatic rings. The van der Waals surface area contributed by atoms with Gasteiger partial charge >= 0.3 is 51.4 Å². The second kappa shape index (κ2) is 6.06. The third-order valence-corrected chi connectivity index (χ3v) is 1.74. The molecule has 0 bridgehead atoms. The molecule has 14 heavy (non-hydrogen) atoms. The SMILES string of the molecule is CNc1ccc(OS(=O)(=O)[O-])cc1.[K+]. The van der Waals surface area contributed by atoms with Crippen molar-refractivity contribution in [1.82, 2.24) is 0 Å². The maximum atomic E-state index is 10.2. The van der Waals surface area contributed by atoms with Crippen LogP contribution in [0, 0.1) is 0 Å². The van der Waals surface area contributed by atoms with Crippen LogP contribution in [0.2, 0.25) is 0 Å². The standard InChI is InChI=1S/C7H9NO4S.K/c1-8-6-2-4-7(5-3-6)12-13(9,10)11;/h2-5,8H,1H3,(H,9,10,11);/q;+1/p-1. The van der Waals surface area contributed by atoms with Crippen LogP contribution in [0.1, 0.15) is 0 Å². The van der Waals surface area contributed by atoms with Crippen LogP contribution in [0.5, 0.6) is 5.75 Å². The summed E-state index contributed by atoms with van der Waals surface area (Å²) in [5.74, 6) is 0.00833. The third-order valence-electron chi connectivity index (χ3n) is 1.34. The monoisotopic (exact) mass is 241 g/mol. The molecule has 72 valence electrons. The molecule has 0 saturated carbocycles. The molecule has 0 heterocycles. The Morgan fingerprint density at radius 3 is 2.14 bits per heavy atom. The summed E-state index contributed by atoms with van der Waals surface area (Å²) in [7, 11) is -2.94. The summed E-state index contributed by atoms with van der Waals surface area (Å²) < 4.78 is 34.6. The molecule has 0 radical (unpaired) electrons. The Balaban J connectivity index is 0.00000169. The number of hydrogen-bond acceptors (Lipinski definition) is 5. The first-order chi connectivity index (χ1) is 6.01. The molecule has 0 unspecified atom stereocenters. The smallest absolute Gasteiger partial charge is 0.716 e. The topological polar surface area (TPSA) is 78.5 Å². The minimum absolute atomic E-state index is 0. The third kappa shape index (κ3) is 5.30. The fraction of sp³-hybridized carbons (Fsp3) is 0.143. The van der Waals surface area contributed by atoms with Crippen molar-refractivity contribution in [3.05, 3.63) is 24.3 Å². The largest absolute Gasteiger partial charge is 1.00 e. The molecule has 0 aromatic heterocycles. The van der Waals surface area contributed by atoms with E-state index in [9.17, 15) is 13.0 Å². The molecule has 1 aromatic carbocycles. The van der Waals surface area contributed by atoms with Gasteiger partial charge in [0.2, 0.25) is 0 Å². The van der Waals surface area contributed by atoms with Crippen LogP contribution < -0.4 is 60.9 Å². The minimum Gasteiger partial charge on any atom is -0.716 e. The number of hydrogen-bond donors (Lipinski definition) is 1. The van der Waals surface area contributed by atoms with Gasteiger partial charge in [0.1, 0.15) is 5.75 Å². The van der Waals surface area contributed by atoms with Gasteiger partial charge in [-0.25, -0.2) is 8.42 Å². The maximum absolute atomic E-state index is 10.2. The summed E-state index contributed by atoms with van der Waals surface area (Å²) in [5, 5.41) is 2.83. The molecule has 0 aliphatic carbocycles. The van der Waals surface area contributed by atoms with Gasteiger partial charge in [0, 0.05) is 12.7 Å². The molecule has 5 nitrogen and oxygen atoms in total. The Labute approximate surface area is 125 Å². The zero-order valence-corrected chi connectivity index (χ0v) is 11.8. The minimum atomic E-state index is -4.67. The quantitative estimate of drug-likeness (QED) is 0.362. The van der Waals surface area contributed by atoms with E-state index in [-0.39, 0.29) is 57.1 Å². The zero-order valence-electron chi connectivity index (χ0n) is 7.85. The molecule has 0 saturated heterocycles. The summed E-state index contributed by atoms with van der Waals surface area (Å²) in [5.41, 5.74) is 0.802. The van der Waals surface area contributed by atoms with Crippen LogP contribution in [-0.4, -0.2) is 20.0 Å². The van der Waals surface area contributed by atoms with Gasteiger partial charge in [0.25, 0.3) is 10.4 Å². The maximum Gasteiger partial charge on any atom is 1.00 e. The molecule has 1 rings (SSSR count). The van der Waals surface area contributed by atoms with Crippen molar-refractivity contribution >= 4 is 16.1 Å². The van der Waals surface area contributed by atoms with Crippen molar-refractivity contribution in [2.24, 2.45) is 0 Å². The van der Waals surface area contributed by atoms with E-state index in [2.05, 4.69) is 9.50 Å². The van der Waals surface area contributed by atoms with Gasteiger partial charge in [-0.3, -0.25) is 0 Å². The van der Waals surface area contributed by atoms with Crippen molar-refractivity contribution in [3.63, 3.8) is 0 Å². The predicted molar refractivity (Wildman–Crippen MR) is 46.3 cm³/mol. The van der Waals surface area contributed by atoms with Crippen LogP contribution in [0.15, 0.2) is 24.3 Å². The molecule has 1 N–H and O–H groups in total. The summed E-state index contributed by atoms with van der Waals surface area (Å²) in [6.45, 7) is 0. The Morgan fingerprint density at radius 1 is 1.29 bits per heavy atom. The number of benzene rings is 1. The van der Waals surface area contributed by atoms with Crippen molar-refractivity contribution in [1.29, 1.82) is 0 Å². The molecule has 0 spiro atoms.